The Bertz CT molecular complexity index is 1300. The zero-order valence-electron chi connectivity index (χ0n) is 20.7. The Morgan fingerprint density at radius 2 is 1.86 bits per heavy atom. The first-order chi connectivity index (χ1) is 17.4. The number of amides is 1. The summed E-state index contributed by atoms with van der Waals surface area (Å²) in [6.07, 6.45) is -5.30. The van der Waals surface area contributed by atoms with Gasteiger partial charge in [0.05, 0.1) is 13.2 Å². The molecular formula is C26H28F4N2O5. The maximum absolute atomic E-state index is 14.3. The molecule has 1 saturated heterocycles. The molecule has 11 heteroatoms. The second-order valence-corrected chi connectivity index (χ2v) is 9.50. The van der Waals surface area contributed by atoms with Crippen molar-refractivity contribution >= 4 is 39.5 Å². The average Bonchev–Trinajstić information content (AvgIpc) is 3.17. The smallest absolute Gasteiger partial charge is 0.407 e. The number of anilines is 1. The van der Waals surface area contributed by atoms with Crippen molar-refractivity contribution in [3.63, 3.8) is 0 Å². The number of rotatable bonds is 8. The van der Waals surface area contributed by atoms with Gasteiger partial charge in [0.15, 0.2) is 0 Å². The van der Waals surface area contributed by atoms with Gasteiger partial charge >= 0.3 is 12.1 Å². The average molecular weight is 525 g/mol. The predicted octanol–water partition coefficient (Wildman–Crippen LogP) is 5.21. The minimum atomic E-state index is -4.80. The van der Waals surface area contributed by atoms with Crippen molar-refractivity contribution < 1.29 is 41.0 Å². The van der Waals surface area contributed by atoms with Gasteiger partial charge in [-0.1, -0.05) is 12.1 Å². The van der Waals surface area contributed by atoms with Crippen LogP contribution in [-0.4, -0.2) is 56.1 Å². The van der Waals surface area contributed by atoms with Gasteiger partial charge in [-0.2, -0.15) is 13.2 Å². The van der Waals surface area contributed by atoms with E-state index < -0.39 is 36.3 Å². The van der Waals surface area contributed by atoms with Crippen molar-refractivity contribution in [2.45, 2.75) is 51.1 Å². The number of alkyl halides is 4. The number of furan rings is 1. The van der Waals surface area contributed by atoms with Gasteiger partial charge in [-0.05, 0) is 50.6 Å². The van der Waals surface area contributed by atoms with Crippen LogP contribution >= 0.6 is 0 Å². The minimum Gasteiger partial charge on any atom is -0.465 e. The van der Waals surface area contributed by atoms with Crippen molar-refractivity contribution in [2.24, 2.45) is 0 Å². The number of hydrogen-bond acceptors (Lipinski definition) is 6. The Balaban J connectivity index is 1.70. The van der Waals surface area contributed by atoms with Gasteiger partial charge in [-0.3, -0.25) is 14.9 Å². The summed E-state index contributed by atoms with van der Waals surface area (Å²) in [5, 5.41) is 3.47. The molecule has 2 atom stereocenters. The third kappa shape index (κ3) is 6.04. The van der Waals surface area contributed by atoms with E-state index in [4.69, 9.17) is 13.9 Å². The molecule has 3 aromatic rings. The van der Waals surface area contributed by atoms with Crippen molar-refractivity contribution in [1.82, 2.24) is 5.32 Å². The summed E-state index contributed by atoms with van der Waals surface area (Å²) in [6, 6.07) is 5.37. The number of morpholine rings is 1. The molecule has 2 heterocycles. The summed E-state index contributed by atoms with van der Waals surface area (Å²) in [4.78, 5) is 26.2. The van der Waals surface area contributed by atoms with Crippen LogP contribution in [0.3, 0.4) is 0 Å². The number of carbonyl (C=O) groups is 2. The van der Waals surface area contributed by atoms with Crippen molar-refractivity contribution in [1.29, 1.82) is 0 Å². The highest BCUT2D eigenvalue weighted by Gasteiger charge is 2.44. The van der Waals surface area contributed by atoms with Crippen molar-refractivity contribution in [2.75, 3.05) is 31.3 Å². The molecule has 1 N–H and O–H groups in total. The summed E-state index contributed by atoms with van der Waals surface area (Å²) >= 11 is 0. The first kappa shape index (κ1) is 26.9. The lowest BCUT2D eigenvalue weighted by Gasteiger charge is -2.29. The van der Waals surface area contributed by atoms with Gasteiger partial charge in [0.25, 0.3) is 5.91 Å². The molecule has 1 fully saturated rings. The van der Waals surface area contributed by atoms with Gasteiger partial charge < -0.3 is 18.8 Å². The number of benzene rings is 2. The number of esters is 1. The molecule has 0 aliphatic carbocycles. The number of nitrogens with zero attached hydrogens (tertiary/aromatic N) is 1. The molecule has 200 valence electrons. The SMILES string of the molecule is CCOC(=O)[C@H](CC(C)(C)F)N[C@@H](c1ccc2c(c1)oc1ccc(N3CCOCC3=O)cc12)C(F)(F)F. The van der Waals surface area contributed by atoms with E-state index >= 15 is 0 Å². The number of ether oxygens (including phenoxy) is 2. The van der Waals surface area contributed by atoms with Crippen molar-refractivity contribution in [3.05, 3.63) is 42.0 Å². The molecule has 2 aromatic carbocycles. The Morgan fingerprint density at radius 1 is 1.11 bits per heavy atom. The van der Waals surface area contributed by atoms with E-state index in [0.717, 1.165) is 0 Å². The van der Waals surface area contributed by atoms with Gasteiger partial charge in [-0.15, -0.1) is 0 Å². The van der Waals surface area contributed by atoms with E-state index in [2.05, 4.69) is 5.32 Å². The summed E-state index contributed by atoms with van der Waals surface area (Å²) < 4.78 is 72.7. The van der Waals surface area contributed by atoms with Crippen LogP contribution in [0.25, 0.3) is 21.9 Å². The number of nitrogens with one attached hydrogen (secondary N) is 1. The molecule has 0 bridgehead atoms. The molecule has 37 heavy (non-hydrogen) atoms. The lowest BCUT2D eigenvalue weighted by molar-refractivity contribution is -0.165. The normalized spacial score (nSPS) is 16.8. The molecular weight excluding hydrogens is 496 g/mol. The van der Waals surface area contributed by atoms with E-state index in [1.54, 1.807) is 23.1 Å². The molecule has 0 spiro atoms. The molecule has 0 saturated carbocycles. The van der Waals surface area contributed by atoms with Crippen LogP contribution in [0, 0.1) is 0 Å². The summed E-state index contributed by atoms with van der Waals surface area (Å²) in [5.74, 6) is -1.15. The standard InChI is InChI=1S/C26H28F4N2O5/c1-4-36-24(34)19(13-25(2,3)27)31-23(26(28,29)30)15-5-7-17-18-12-16(32-9-10-35-14-22(32)33)6-8-20(18)37-21(17)11-15/h5-8,11-12,19,23,31H,4,9-10,13-14H2,1-3H3/t19-,23-/m0/s1. The Hall–Kier alpha value is -3.18. The lowest BCUT2D eigenvalue weighted by Crippen LogP contribution is -2.47. The number of halogens is 4. The highest BCUT2D eigenvalue weighted by Crippen LogP contribution is 2.38. The maximum Gasteiger partial charge on any atom is 0.407 e. The molecule has 0 radical (unpaired) electrons. The topological polar surface area (TPSA) is 81.0 Å². The first-order valence-corrected chi connectivity index (χ1v) is 11.9. The molecule has 1 aromatic heterocycles. The Labute approximate surface area is 210 Å². The molecule has 1 aliphatic heterocycles. The third-order valence-corrected chi connectivity index (χ3v) is 6.07. The van der Waals surface area contributed by atoms with Gasteiger partial charge in [0.1, 0.15) is 35.5 Å². The first-order valence-electron chi connectivity index (χ1n) is 11.9. The number of hydrogen-bond donors (Lipinski definition) is 1. The Kier molecular flexibility index (Phi) is 7.48. The lowest BCUT2D eigenvalue weighted by atomic mass is 9.97. The third-order valence-electron chi connectivity index (χ3n) is 6.07. The highest BCUT2D eigenvalue weighted by atomic mass is 19.4. The molecule has 1 aliphatic rings. The largest absolute Gasteiger partial charge is 0.465 e. The van der Waals surface area contributed by atoms with E-state index in [0.29, 0.717) is 35.2 Å². The fourth-order valence-corrected chi connectivity index (χ4v) is 4.44. The Morgan fingerprint density at radius 3 is 2.51 bits per heavy atom. The molecule has 1 amide bonds. The summed E-state index contributed by atoms with van der Waals surface area (Å²) in [6.45, 7) is 4.60. The monoisotopic (exact) mass is 524 g/mol. The van der Waals surface area contributed by atoms with Crippen LogP contribution in [0.4, 0.5) is 23.2 Å². The minimum absolute atomic E-state index is 0.0221. The second kappa shape index (κ2) is 10.3. The molecule has 0 unspecified atom stereocenters. The number of carbonyl (C=O) groups excluding carboxylic acids is 2. The summed E-state index contributed by atoms with van der Waals surface area (Å²) in [7, 11) is 0. The molecule has 7 nitrogen and oxygen atoms in total. The van der Waals surface area contributed by atoms with E-state index in [1.165, 1.54) is 39.0 Å². The fraction of sp³-hybridized carbons (Fsp3) is 0.462. The molecule has 4 rings (SSSR count). The van der Waals surface area contributed by atoms with Gasteiger partial charge in [-0.25, -0.2) is 4.39 Å². The van der Waals surface area contributed by atoms with Crippen molar-refractivity contribution in [3.8, 4) is 0 Å². The van der Waals surface area contributed by atoms with E-state index in [9.17, 15) is 27.2 Å². The second-order valence-electron chi connectivity index (χ2n) is 9.50. The zero-order valence-corrected chi connectivity index (χ0v) is 20.7. The van der Waals surface area contributed by atoms with E-state index in [1.807, 2.05) is 0 Å². The predicted molar refractivity (Wildman–Crippen MR) is 129 cm³/mol. The fourth-order valence-electron chi connectivity index (χ4n) is 4.44. The zero-order chi connectivity index (χ0) is 27.0. The van der Waals surface area contributed by atoms with Crippen LogP contribution in [0.15, 0.2) is 40.8 Å². The van der Waals surface area contributed by atoms with Crippen LogP contribution < -0.4 is 10.2 Å². The quantitative estimate of drug-likeness (QED) is 0.322. The van der Waals surface area contributed by atoms with Crippen LogP contribution in [0.5, 0.6) is 0 Å². The van der Waals surface area contributed by atoms with Crippen LogP contribution in [-0.2, 0) is 19.1 Å². The summed E-state index contributed by atoms with van der Waals surface area (Å²) in [5.41, 5.74) is -0.839. The van der Waals surface area contributed by atoms with Gasteiger partial charge in [0.2, 0.25) is 0 Å². The van der Waals surface area contributed by atoms with Gasteiger partial charge in [0, 0.05) is 29.4 Å². The van der Waals surface area contributed by atoms with Crippen LogP contribution in [0.1, 0.15) is 38.8 Å². The maximum atomic E-state index is 14.3. The van der Waals surface area contributed by atoms with Crippen LogP contribution in [0.2, 0.25) is 0 Å². The highest BCUT2D eigenvalue weighted by molar-refractivity contribution is 6.07. The number of fused-ring (bicyclic) bond motifs is 3. The van der Waals surface area contributed by atoms with E-state index in [-0.39, 0.29) is 30.3 Å².